The molecule has 1 amide bonds. The van der Waals surface area contributed by atoms with Crippen LogP contribution in [0.2, 0.25) is 0 Å². The first-order chi connectivity index (χ1) is 12.5. The van der Waals surface area contributed by atoms with Crippen LogP contribution in [0.1, 0.15) is 33.9 Å². The van der Waals surface area contributed by atoms with Crippen LogP contribution in [-0.2, 0) is 13.1 Å². The Hall–Kier alpha value is -2.77. The van der Waals surface area contributed by atoms with E-state index in [-0.39, 0.29) is 11.7 Å². The van der Waals surface area contributed by atoms with Crippen LogP contribution in [0.3, 0.4) is 0 Å². The highest BCUT2D eigenvalue weighted by Gasteiger charge is 2.31. The van der Waals surface area contributed by atoms with Crippen molar-refractivity contribution in [2.45, 2.75) is 33.0 Å². The third kappa shape index (κ3) is 3.07. The molecular formula is C18H18F2N4O2. The van der Waals surface area contributed by atoms with Crippen LogP contribution in [0.25, 0.3) is 0 Å². The summed E-state index contributed by atoms with van der Waals surface area (Å²) in [5, 5.41) is 0. The Kier molecular flexibility index (Phi) is 4.18. The van der Waals surface area contributed by atoms with E-state index in [4.69, 9.17) is 0 Å². The minimum Gasteiger partial charge on any atom is -0.435 e. The van der Waals surface area contributed by atoms with E-state index in [9.17, 15) is 13.6 Å². The molecule has 1 saturated heterocycles. The summed E-state index contributed by atoms with van der Waals surface area (Å²) in [4.78, 5) is 25.7. The summed E-state index contributed by atoms with van der Waals surface area (Å²) in [5.41, 5.74) is 2.31. The first-order valence-corrected chi connectivity index (χ1v) is 8.47. The van der Waals surface area contributed by atoms with Crippen molar-refractivity contribution in [2.24, 2.45) is 0 Å². The number of fused-ring (bicyclic) bond motifs is 1. The van der Waals surface area contributed by atoms with Crippen LogP contribution >= 0.6 is 0 Å². The topological polar surface area (TPSA) is 58.6 Å². The summed E-state index contributed by atoms with van der Waals surface area (Å²) >= 11 is 0. The van der Waals surface area contributed by atoms with Gasteiger partial charge in [0.1, 0.15) is 17.4 Å². The van der Waals surface area contributed by atoms with Gasteiger partial charge in [0.2, 0.25) is 0 Å². The van der Waals surface area contributed by atoms with Crippen LogP contribution in [0, 0.1) is 6.92 Å². The maximum atomic E-state index is 12.8. The van der Waals surface area contributed by atoms with E-state index in [0.29, 0.717) is 24.5 Å². The highest BCUT2D eigenvalue weighted by atomic mass is 19.3. The predicted octanol–water partition coefficient (Wildman–Crippen LogP) is 2.75. The molecule has 6 nitrogen and oxygen atoms in total. The minimum absolute atomic E-state index is 0.0304. The number of rotatable bonds is 4. The van der Waals surface area contributed by atoms with Gasteiger partial charge in [0, 0.05) is 24.2 Å². The molecule has 2 aliphatic heterocycles. The van der Waals surface area contributed by atoms with Crippen LogP contribution in [0.4, 0.5) is 14.6 Å². The molecule has 0 bridgehead atoms. The van der Waals surface area contributed by atoms with Crippen molar-refractivity contribution in [1.29, 1.82) is 0 Å². The van der Waals surface area contributed by atoms with E-state index in [1.807, 2.05) is 6.92 Å². The highest BCUT2D eigenvalue weighted by molar-refractivity contribution is 5.94. The lowest BCUT2D eigenvalue weighted by Crippen LogP contribution is -2.38. The van der Waals surface area contributed by atoms with Gasteiger partial charge in [-0.15, -0.1) is 0 Å². The quantitative estimate of drug-likeness (QED) is 0.839. The van der Waals surface area contributed by atoms with E-state index >= 15 is 0 Å². The number of alkyl halides is 2. The summed E-state index contributed by atoms with van der Waals surface area (Å²) in [6, 6.07) is 5.74. The van der Waals surface area contributed by atoms with Gasteiger partial charge >= 0.3 is 6.61 Å². The number of nitrogens with zero attached hydrogens (tertiary/aromatic N) is 4. The number of aromatic nitrogens is 2. The van der Waals surface area contributed by atoms with Gasteiger partial charge in [-0.1, -0.05) is 0 Å². The maximum Gasteiger partial charge on any atom is 0.387 e. The molecular weight excluding hydrogens is 342 g/mol. The van der Waals surface area contributed by atoms with Gasteiger partial charge in [-0.25, -0.2) is 9.97 Å². The smallest absolute Gasteiger partial charge is 0.387 e. The Morgan fingerprint density at radius 2 is 1.88 bits per heavy atom. The standard InChI is InChI=1S/C18H18F2N4O2/c1-11-21-15-10-24(9-14(15)16(22-11)23-7-2-8-23)17(25)12-3-5-13(6-4-12)26-18(19)20/h3-6,18H,2,7-10H2,1H3. The second-order valence-corrected chi connectivity index (χ2v) is 6.42. The summed E-state index contributed by atoms with van der Waals surface area (Å²) in [6.45, 7) is 1.80. The zero-order valence-electron chi connectivity index (χ0n) is 14.3. The van der Waals surface area contributed by atoms with E-state index in [1.54, 1.807) is 4.90 Å². The van der Waals surface area contributed by atoms with Crippen molar-refractivity contribution >= 4 is 11.7 Å². The van der Waals surface area contributed by atoms with Gasteiger partial charge < -0.3 is 14.5 Å². The van der Waals surface area contributed by atoms with Gasteiger partial charge in [0.15, 0.2) is 0 Å². The molecule has 0 saturated carbocycles. The van der Waals surface area contributed by atoms with Crippen LogP contribution < -0.4 is 9.64 Å². The van der Waals surface area contributed by atoms with Crippen LogP contribution in [-0.4, -0.2) is 40.5 Å². The molecule has 26 heavy (non-hydrogen) atoms. The van der Waals surface area contributed by atoms with Crippen molar-refractivity contribution < 1.29 is 18.3 Å². The molecule has 0 unspecified atom stereocenters. The SMILES string of the molecule is Cc1nc2c(c(N3CCC3)n1)CN(C(=O)c1ccc(OC(F)F)cc1)C2. The molecule has 2 aromatic rings. The number of halogens is 2. The maximum absolute atomic E-state index is 12.8. The number of anilines is 1. The zero-order valence-corrected chi connectivity index (χ0v) is 14.3. The molecule has 0 atom stereocenters. The van der Waals surface area contributed by atoms with E-state index in [0.717, 1.165) is 36.6 Å². The van der Waals surface area contributed by atoms with Crippen molar-refractivity contribution in [3.63, 3.8) is 0 Å². The average Bonchev–Trinajstić information content (AvgIpc) is 2.96. The number of carbonyl (C=O) groups is 1. The molecule has 8 heteroatoms. The number of hydrogen-bond acceptors (Lipinski definition) is 5. The molecule has 136 valence electrons. The fraction of sp³-hybridized carbons (Fsp3) is 0.389. The summed E-state index contributed by atoms with van der Waals surface area (Å²) < 4.78 is 28.8. The Morgan fingerprint density at radius 3 is 2.50 bits per heavy atom. The number of amides is 1. The van der Waals surface area contributed by atoms with Gasteiger partial charge in [-0.2, -0.15) is 8.78 Å². The van der Waals surface area contributed by atoms with Gasteiger partial charge in [-0.05, 0) is 37.6 Å². The zero-order chi connectivity index (χ0) is 18.3. The Bertz CT molecular complexity index is 838. The summed E-state index contributed by atoms with van der Waals surface area (Å²) in [5.74, 6) is 1.49. The summed E-state index contributed by atoms with van der Waals surface area (Å²) in [6.07, 6.45) is 1.15. The molecule has 0 spiro atoms. The number of aryl methyl sites for hydroxylation is 1. The average molecular weight is 360 g/mol. The number of carbonyl (C=O) groups excluding carboxylic acids is 1. The third-order valence-electron chi connectivity index (χ3n) is 4.64. The van der Waals surface area contributed by atoms with Crippen molar-refractivity contribution in [2.75, 3.05) is 18.0 Å². The molecule has 1 fully saturated rings. The predicted molar refractivity (Wildman–Crippen MR) is 90.3 cm³/mol. The van der Waals surface area contributed by atoms with E-state index < -0.39 is 6.61 Å². The number of hydrogen-bond donors (Lipinski definition) is 0. The largest absolute Gasteiger partial charge is 0.435 e. The van der Waals surface area contributed by atoms with Crippen molar-refractivity contribution in [3.05, 3.63) is 46.9 Å². The fourth-order valence-corrected chi connectivity index (χ4v) is 3.25. The van der Waals surface area contributed by atoms with Crippen molar-refractivity contribution in [3.8, 4) is 5.75 Å². The second kappa shape index (κ2) is 6.51. The normalized spacial score (nSPS) is 15.8. The van der Waals surface area contributed by atoms with E-state index in [1.165, 1.54) is 24.3 Å². The number of benzene rings is 1. The monoisotopic (exact) mass is 360 g/mol. The third-order valence-corrected chi connectivity index (χ3v) is 4.64. The van der Waals surface area contributed by atoms with Gasteiger partial charge in [-0.3, -0.25) is 4.79 Å². The van der Waals surface area contributed by atoms with Gasteiger partial charge in [0.05, 0.1) is 18.8 Å². The van der Waals surface area contributed by atoms with Crippen LogP contribution in [0.15, 0.2) is 24.3 Å². The fourth-order valence-electron chi connectivity index (χ4n) is 3.25. The minimum atomic E-state index is -2.88. The molecule has 2 aliphatic rings. The van der Waals surface area contributed by atoms with Crippen molar-refractivity contribution in [1.82, 2.24) is 14.9 Å². The Morgan fingerprint density at radius 1 is 1.15 bits per heavy atom. The molecule has 1 aromatic heterocycles. The highest BCUT2D eigenvalue weighted by Crippen LogP contribution is 2.32. The molecule has 3 heterocycles. The molecule has 0 aliphatic carbocycles. The second-order valence-electron chi connectivity index (χ2n) is 6.42. The van der Waals surface area contributed by atoms with Gasteiger partial charge in [0.25, 0.3) is 5.91 Å². The summed E-state index contributed by atoms with van der Waals surface area (Å²) in [7, 11) is 0. The first-order valence-electron chi connectivity index (χ1n) is 8.47. The van der Waals surface area contributed by atoms with Crippen LogP contribution in [0.5, 0.6) is 5.75 Å². The first kappa shape index (κ1) is 16.7. The Labute approximate surface area is 149 Å². The lowest BCUT2D eigenvalue weighted by Gasteiger charge is -2.33. The van der Waals surface area contributed by atoms with E-state index in [2.05, 4.69) is 19.6 Å². The lowest BCUT2D eigenvalue weighted by molar-refractivity contribution is -0.0498. The Balaban J connectivity index is 1.53. The molecule has 0 N–H and O–H groups in total. The lowest BCUT2D eigenvalue weighted by atomic mass is 10.1. The number of ether oxygens (including phenoxy) is 1. The molecule has 1 aromatic carbocycles. The molecule has 0 radical (unpaired) electrons. The molecule has 4 rings (SSSR count).